The van der Waals surface area contributed by atoms with E-state index in [-0.39, 0.29) is 31.1 Å². The molecule has 1 aromatic carbocycles. The van der Waals surface area contributed by atoms with Crippen LogP contribution in [0.4, 0.5) is 0 Å². The maximum absolute atomic E-state index is 12.2. The lowest BCUT2D eigenvalue weighted by Crippen LogP contribution is -2.45. The monoisotopic (exact) mass is 390 g/mol. The summed E-state index contributed by atoms with van der Waals surface area (Å²) in [5.74, 6) is -1.00. The number of nitrogens with two attached hydrogens (primary N) is 1. The van der Waals surface area contributed by atoms with Crippen molar-refractivity contribution < 1.29 is 28.6 Å². The molecule has 0 bridgehead atoms. The third-order valence-corrected chi connectivity index (χ3v) is 5.05. The van der Waals surface area contributed by atoms with E-state index in [1.54, 1.807) is 24.3 Å². The van der Waals surface area contributed by atoms with Gasteiger partial charge in [-0.1, -0.05) is 0 Å². The van der Waals surface area contributed by atoms with Crippen molar-refractivity contribution in [3.05, 3.63) is 29.8 Å². The molecular weight excluding hydrogens is 364 g/mol. The minimum Gasteiger partial charge on any atom is -0.491 e. The molecule has 8 nitrogen and oxygen atoms in total. The van der Waals surface area contributed by atoms with Gasteiger partial charge in [0.2, 0.25) is 5.91 Å². The Bertz CT molecular complexity index is 699. The maximum Gasteiger partial charge on any atom is 0.338 e. The number of esters is 1. The molecule has 0 saturated carbocycles. The number of carbonyl (C=O) groups is 3. The van der Waals surface area contributed by atoms with Gasteiger partial charge in [-0.2, -0.15) is 0 Å². The first-order chi connectivity index (χ1) is 13.5. The van der Waals surface area contributed by atoms with Gasteiger partial charge >= 0.3 is 5.97 Å². The Morgan fingerprint density at radius 1 is 1.14 bits per heavy atom. The van der Waals surface area contributed by atoms with Crippen LogP contribution < -0.4 is 10.5 Å². The predicted octanol–water partition coefficient (Wildman–Crippen LogP) is 1.13. The average molecular weight is 390 g/mol. The molecule has 2 N–H and O–H groups in total. The lowest BCUT2D eigenvalue weighted by molar-refractivity contribution is -0.137. The van der Waals surface area contributed by atoms with Gasteiger partial charge in [-0.25, -0.2) is 4.79 Å². The maximum atomic E-state index is 12.2. The Labute approximate surface area is 163 Å². The van der Waals surface area contributed by atoms with Crippen molar-refractivity contribution in [2.24, 2.45) is 11.7 Å². The Balaban J connectivity index is 1.43. The van der Waals surface area contributed by atoms with E-state index in [1.807, 2.05) is 0 Å². The van der Waals surface area contributed by atoms with Gasteiger partial charge in [0.05, 0.1) is 17.6 Å². The molecule has 0 radical (unpaired) electrons. The predicted molar refractivity (Wildman–Crippen MR) is 99.7 cm³/mol. The summed E-state index contributed by atoms with van der Waals surface area (Å²) in [6.45, 7) is 1.72. The summed E-state index contributed by atoms with van der Waals surface area (Å²) in [4.78, 5) is 37.2. The van der Waals surface area contributed by atoms with Crippen LogP contribution >= 0.6 is 0 Å². The van der Waals surface area contributed by atoms with Crippen molar-refractivity contribution in [2.75, 3.05) is 32.9 Å². The highest BCUT2D eigenvalue weighted by Crippen LogP contribution is 2.18. The van der Waals surface area contributed by atoms with Crippen molar-refractivity contribution in [3.8, 4) is 5.75 Å². The van der Waals surface area contributed by atoms with Crippen LogP contribution in [-0.2, 0) is 19.1 Å². The average Bonchev–Trinajstić information content (AvgIpc) is 3.24. The molecule has 2 amide bonds. The molecule has 8 heteroatoms. The standard InChI is InChI=1S/C20H26N2O6/c21-19(24)15-3-1-9-22(11-15)18(23)13-28-20(25)14-5-7-16(8-6-14)27-12-17-4-2-10-26-17/h5-8,15,17H,1-4,9-13H2,(H2,21,24)/t15-,17+/m1/s1. The first kappa shape index (κ1) is 20.1. The number of piperidine rings is 1. The minimum absolute atomic E-state index is 0.125. The van der Waals surface area contributed by atoms with Crippen LogP contribution in [-0.4, -0.2) is 61.7 Å². The number of hydrogen-bond donors (Lipinski definition) is 1. The summed E-state index contributed by atoms with van der Waals surface area (Å²) in [7, 11) is 0. The fourth-order valence-corrected chi connectivity index (χ4v) is 3.39. The van der Waals surface area contributed by atoms with Gasteiger partial charge in [-0.15, -0.1) is 0 Å². The van der Waals surface area contributed by atoms with E-state index in [4.69, 9.17) is 19.9 Å². The van der Waals surface area contributed by atoms with Gasteiger partial charge < -0.3 is 24.8 Å². The summed E-state index contributed by atoms with van der Waals surface area (Å²) in [5, 5.41) is 0. The smallest absolute Gasteiger partial charge is 0.338 e. The number of carbonyl (C=O) groups excluding carboxylic acids is 3. The van der Waals surface area contributed by atoms with Crippen LogP contribution in [0.15, 0.2) is 24.3 Å². The number of rotatable bonds is 7. The van der Waals surface area contributed by atoms with Crippen LogP contribution in [0.2, 0.25) is 0 Å². The highest BCUT2D eigenvalue weighted by Gasteiger charge is 2.27. The molecule has 28 heavy (non-hydrogen) atoms. The molecule has 152 valence electrons. The van der Waals surface area contributed by atoms with Crippen LogP contribution in [0.5, 0.6) is 5.75 Å². The van der Waals surface area contributed by atoms with E-state index in [2.05, 4.69) is 0 Å². The molecule has 2 aliphatic rings. The largest absolute Gasteiger partial charge is 0.491 e. The molecule has 2 atom stereocenters. The first-order valence-corrected chi connectivity index (χ1v) is 9.61. The number of amides is 2. The Morgan fingerprint density at radius 2 is 1.93 bits per heavy atom. The molecule has 0 unspecified atom stereocenters. The molecule has 2 saturated heterocycles. The molecular formula is C20H26N2O6. The lowest BCUT2D eigenvalue weighted by atomic mass is 9.97. The van der Waals surface area contributed by atoms with Crippen LogP contribution in [0.3, 0.4) is 0 Å². The molecule has 3 rings (SSSR count). The van der Waals surface area contributed by atoms with Gasteiger partial charge in [0.1, 0.15) is 12.4 Å². The number of ether oxygens (including phenoxy) is 3. The zero-order valence-corrected chi connectivity index (χ0v) is 15.8. The van der Waals surface area contributed by atoms with Gasteiger partial charge in [0.25, 0.3) is 5.91 Å². The second kappa shape index (κ2) is 9.54. The van der Waals surface area contributed by atoms with E-state index in [1.165, 1.54) is 4.90 Å². The fourth-order valence-electron chi connectivity index (χ4n) is 3.39. The van der Waals surface area contributed by atoms with Gasteiger partial charge in [-0.05, 0) is 49.9 Å². The van der Waals surface area contributed by atoms with E-state index in [0.29, 0.717) is 37.3 Å². The summed E-state index contributed by atoms with van der Waals surface area (Å²) in [5.41, 5.74) is 5.66. The van der Waals surface area contributed by atoms with E-state index >= 15 is 0 Å². The molecule has 2 heterocycles. The van der Waals surface area contributed by atoms with E-state index < -0.39 is 11.9 Å². The summed E-state index contributed by atoms with van der Waals surface area (Å²) >= 11 is 0. The SMILES string of the molecule is NC(=O)[C@@H]1CCCN(C(=O)COC(=O)c2ccc(OC[C@@H]3CCCO3)cc2)C1. The molecule has 1 aromatic rings. The second-order valence-electron chi connectivity index (χ2n) is 7.13. The van der Waals surface area contributed by atoms with Gasteiger partial charge in [0, 0.05) is 19.7 Å². The van der Waals surface area contributed by atoms with Crippen molar-refractivity contribution >= 4 is 17.8 Å². The normalized spacial score (nSPS) is 21.9. The summed E-state index contributed by atoms with van der Waals surface area (Å²) in [6, 6.07) is 6.58. The minimum atomic E-state index is -0.581. The lowest BCUT2D eigenvalue weighted by Gasteiger charge is -2.31. The zero-order chi connectivity index (χ0) is 19.9. The molecule has 0 aromatic heterocycles. The second-order valence-corrected chi connectivity index (χ2v) is 7.13. The Kier molecular flexibility index (Phi) is 6.86. The highest BCUT2D eigenvalue weighted by molar-refractivity contribution is 5.91. The zero-order valence-electron chi connectivity index (χ0n) is 15.8. The van der Waals surface area contributed by atoms with Crippen LogP contribution in [0.1, 0.15) is 36.0 Å². The summed E-state index contributed by atoms with van der Waals surface area (Å²) in [6.07, 6.45) is 3.56. The van der Waals surface area contributed by atoms with Crippen molar-refractivity contribution in [1.82, 2.24) is 4.90 Å². The van der Waals surface area contributed by atoms with Crippen molar-refractivity contribution in [3.63, 3.8) is 0 Å². The van der Waals surface area contributed by atoms with Crippen molar-refractivity contribution in [2.45, 2.75) is 31.8 Å². The molecule has 0 spiro atoms. The van der Waals surface area contributed by atoms with E-state index in [9.17, 15) is 14.4 Å². The van der Waals surface area contributed by atoms with Gasteiger partial charge in [-0.3, -0.25) is 9.59 Å². The number of primary amides is 1. The van der Waals surface area contributed by atoms with Crippen LogP contribution in [0, 0.1) is 5.92 Å². The Hall–Kier alpha value is -2.61. The molecule has 0 aliphatic carbocycles. The number of hydrogen-bond acceptors (Lipinski definition) is 6. The first-order valence-electron chi connectivity index (χ1n) is 9.61. The summed E-state index contributed by atoms with van der Waals surface area (Å²) < 4.78 is 16.3. The van der Waals surface area contributed by atoms with Crippen molar-refractivity contribution in [1.29, 1.82) is 0 Å². The number of benzene rings is 1. The number of nitrogens with zero attached hydrogens (tertiary/aromatic N) is 1. The fraction of sp³-hybridized carbons (Fsp3) is 0.550. The number of likely N-dealkylation sites (tertiary alicyclic amines) is 1. The molecule has 2 fully saturated rings. The molecule has 2 aliphatic heterocycles. The van der Waals surface area contributed by atoms with Crippen LogP contribution in [0.25, 0.3) is 0 Å². The topological polar surface area (TPSA) is 108 Å². The third kappa shape index (κ3) is 5.45. The highest BCUT2D eigenvalue weighted by atomic mass is 16.5. The van der Waals surface area contributed by atoms with E-state index in [0.717, 1.165) is 19.4 Å². The Morgan fingerprint density at radius 3 is 2.61 bits per heavy atom. The van der Waals surface area contributed by atoms with Gasteiger partial charge in [0.15, 0.2) is 6.61 Å². The third-order valence-electron chi connectivity index (χ3n) is 5.05. The quantitative estimate of drug-likeness (QED) is 0.699.